The minimum atomic E-state index is -6.36. The van der Waals surface area contributed by atoms with Gasteiger partial charge < -0.3 is 14.6 Å². The van der Waals surface area contributed by atoms with Crippen LogP contribution in [0.15, 0.2) is 53.4 Å². The number of rotatable bonds is 15. The second-order valence-electron chi connectivity index (χ2n) is 16.0. The van der Waals surface area contributed by atoms with Gasteiger partial charge in [-0.3, -0.25) is 4.84 Å². The maximum absolute atomic E-state index is 13.2. The number of halogens is 3. The van der Waals surface area contributed by atoms with Crippen LogP contribution in [0.3, 0.4) is 0 Å². The number of hydrogen-bond acceptors (Lipinski definition) is 8. The van der Waals surface area contributed by atoms with Gasteiger partial charge in [-0.05, 0) is 71.3 Å². The van der Waals surface area contributed by atoms with E-state index in [1.54, 1.807) is 6.92 Å². The van der Waals surface area contributed by atoms with Gasteiger partial charge in [-0.15, -0.1) is 0 Å². The van der Waals surface area contributed by atoms with E-state index < -0.39 is 45.3 Å². The van der Waals surface area contributed by atoms with Crippen molar-refractivity contribution in [2.75, 3.05) is 20.3 Å². The fourth-order valence-electron chi connectivity index (χ4n) is 6.05. The second-order valence-corrected chi connectivity index (χ2v) is 19.7. The third-order valence-electron chi connectivity index (χ3n) is 9.49. The fraction of sp³-hybridized carbons (Fsp3) is 0.657. The number of aliphatic hydroxyl groups is 1. The van der Waals surface area contributed by atoms with Crippen molar-refractivity contribution < 1.29 is 49.4 Å². The van der Waals surface area contributed by atoms with Gasteiger partial charge in [0.25, 0.3) is 10.0 Å². The van der Waals surface area contributed by atoms with E-state index in [0.717, 1.165) is 29.9 Å². The molecule has 0 bridgehead atoms. The van der Waals surface area contributed by atoms with Crippen molar-refractivity contribution in [1.29, 1.82) is 0 Å². The molecular formula is C35H52F3NO8S2. The van der Waals surface area contributed by atoms with Gasteiger partial charge in [-0.25, -0.2) is 8.42 Å². The van der Waals surface area contributed by atoms with E-state index in [9.17, 15) is 35.1 Å². The van der Waals surface area contributed by atoms with E-state index in [0.29, 0.717) is 38.7 Å². The van der Waals surface area contributed by atoms with Crippen molar-refractivity contribution in [3.05, 3.63) is 65.2 Å². The van der Waals surface area contributed by atoms with Crippen LogP contribution in [0.25, 0.3) is 0 Å². The molecular weight excluding hydrogens is 684 g/mol. The molecule has 2 aromatic carbocycles. The number of epoxide rings is 1. The molecule has 1 heterocycles. The predicted octanol–water partition coefficient (Wildman–Crippen LogP) is 7.52. The number of benzene rings is 2. The quantitative estimate of drug-likeness (QED) is 0.147. The molecule has 4 unspecified atom stereocenters. The van der Waals surface area contributed by atoms with E-state index in [2.05, 4.69) is 37.7 Å². The summed E-state index contributed by atoms with van der Waals surface area (Å²) >= 11 is 0. The zero-order chi connectivity index (χ0) is 37.4. The summed E-state index contributed by atoms with van der Waals surface area (Å²) < 4.78 is 99.7. The van der Waals surface area contributed by atoms with Gasteiger partial charge in [0.2, 0.25) is 0 Å². The summed E-state index contributed by atoms with van der Waals surface area (Å²) in [6, 6.07) is 13.2. The molecule has 0 aliphatic carbocycles. The Labute approximate surface area is 290 Å². The molecule has 9 nitrogen and oxygen atoms in total. The molecule has 3 rings (SSSR count). The van der Waals surface area contributed by atoms with Crippen LogP contribution in [0.2, 0.25) is 0 Å². The summed E-state index contributed by atoms with van der Waals surface area (Å²) in [6.45, 7) is 20.0. The summed E-state index contributed by atoms with van der Waals surface area (Å²) in [5, 5.41) is 12.4. The minimum absolute atomic E-state index is 0.0602. The largest absolute Gasteiger partial charge is 0.514 e. The van der Waals surface area contributed by atoms with Gasteiger partial charge >= 0.3 is 15.5 Å². The third kappa shape index (κ3) is 9.84. The van der Waals surface area contributed by atoms with Crippen molar-refractivity contribution in [1.82, 2.24) is 3.87 Å². The minimum Gasteiger partial charge on any atom is -0.390 e. The smallest absolute Gasteiger partial charge is 0.390 e. The van der Waals surface area contributed by atoms with Crippen LogP contribution in [0.1, 0.15) is 104 Å². The highest BCUT2D eigenvalue weighted by Crippen LogP contribution is 2.54. The summed E-state index contributed by atoms with van der Waals surface area (Å²) in [4.78, 5) is 3.53. The van der Waals surface area contributed by atoms with Gasteiger partial charge in [0.15, 0.2) is 0 Å². The molecule has 0 amide bonds. The number of ether oxygens (including phenoxy) is 2. The summed E-state index contributed by atoms with van der Waals surface area (Å²) in [6.07, 6.45) is 1.14. The molecule has 2 aromatic rings. The van der Waals surface area contributed by atoms with Crippen molar-refractivity contribution >= 4 is 20.0 Å². The van der Waals surface area contributed by atoms with Crippen LogP contribution >= 0.6 is 0 Å². The molecule has 14 heteroatoms. The van der Waals surface area contributed by atoms with Crippen molar-refractivity contribution in [3.63, 3.8) is 0 Å². The molecule has 278 valence electrons. The fourth-order valence-corrected chi connectivity index (χ4v) is 8.81. The first-order valence-electron chi connectivity index (χ1n) is 16.2. The summed E-state index contributed by atoms with van der Waals surface area (Å²) in [5.74, 6) is -0.415. The van der Waals surface area contributed by atoms with E-state index in [4.69, 9.17) is 9.47 Å². The average molecular weight is 736 g/mol. The molecule has 0 radical (unpaired) electrons. The highest BCUT2D eigenvalue weighted by atomic mass is 32.3. The molecule has 0 spiro atoms. The first kappa shape index (κ1) is 41.4. The van der Waals surface area contributed by atoms with Crippen LogP contribution in [0, 0.1) is 16.2 Å². The zero-order valence-electron chi connectivity index (χ0n) is 30.1. The Balaban J connectivity index is 1.97. The molecule has 1 aliphatic heterocycles. The maximum atomic E-state index is 13.2. The highest BCUT2D eigenvalue weighted by molar-refractivity contribution is 8.04. The van der Waals surface area contributed by atoms with Crippen LogP contribution in [-0.4, -0.2) is 63.4 Å². The molecule has 1 saturated heterocycles. The molecule has 1 aliphatic rings. The monoisotopic (exact) mass is 735 g/mol. The van der Waals surface area contributed by atoms with E-state index in [-0.39, 0.29) is 28.8 Å². The SMILES string of the molecule is CON(S(=O)(=O)c1ccc(C(CC(C)(C)C)C(C)(C)C(C)(O)CC(c2ccc(COCC3CO3)cc2)C(C)(C)C)cc1)S(=O)(=O)C(F)(F)F. The number of sulfonamides is 2. The Kier molecular flexibility index (Phi) is 12.2. The number of alkyl halides is 3. The van der Waals surface area contributed by atoms with Crippen LogP contribution in [0.4, 0.5) is 13.2 Å². The Morgan fingerprint density at radius 3 is 1.76 bits per heavy atom. The van der Waals surface area contributed by atoms with Crippen molar-refractivity contribution in [2.45, 2.75) is 116 Å². The molecule has 1 N–H and O–H groups in total. The first-order valence-corrected chi connectivity index (χ1v) is 19.0. The van der Waals surface area contributed by atoms with Crippen LogP contribution in [-0.2, 0) is 41.0 Å². The lowest BCUT2D eigenvalue weighted by molar-refractivity contribution is -0.0878. The lowest BCUT2D eigenvalue weighted by Crippen LogP contribution is -2.48. The lowest BCUT2D eigenvalue weighted by atomic mass is 9.57. The van der Waals surface area contributed by atoms with E-state index in [1.807, 2.05) is 46.8 Å². The first-order chi connectivity index (χ1) is 22.1. The predicted molar refractivity (Wildman–Crippen MR) is 181 cm³/mol. The van der Waals surface area contributed by atoms with Crippen molar-refractivity contribution in [3.8, 4) is 0 Å². The van der Waals surface area contributed by atoms with Gasteiger partial charge in [-0.2, -0.15) is 21.6 Å². The second kappa shape index (κ2) is 14.5. The Morgan fingerprint density at radius 2 is 1.33 bits per heavy atom. The molecule has 4 atom stereocenters. The average Bonchev–Trinajstić information content (AvgIpc) is 3.78. The Bertz CT molecular complexity index is 1620. The molecule has 1 fully saturated rings. The Morgan fingerprint density at radius 1 is 0.837 bits per heavy atom. The maximum Gasteiger partial charge on any atom is 0.514 e. The molecule has 0 saturated carbocycles. The number of hydrogen-bond donors (Lipinski definition) is 1. The van der Waals surface area contributed by atoms with E-state index >= 15 is 0 Å². The standard InChI is InChI=1S/C35H52F3NO8S2/c1-31(2,3)19-30(26-15-17-28(18-16-26)48(41,42)39(45-10)49(43,44)35(36,37)38)33(7,8)34(9,40)20-29(32(4,5)6)25-13-11-24(12-14-25)21-46-22-27-23-47-27/h11-18,27,29-30,40H,19-23H2,1-10H3. The molecule has 49 heavy (non-hydrogen) atoms. The highest BCUT2D eigenvalue weighted by Gasteiger charge is 2.56. The Hall–Kier alpha value is -2.07. The lowest BCUT2D eigenvalue weighted by Gasteiger charge is -2.50. The summed E-state index contributed by atoms with van der Waals surface area (Å²) in [5.41, 5.74) is -5.75. The van der Waals surface area contributed by atoms with Gasteiger partial charge in [0.05, 0.1) is 37.4 Å². The third-order valence-corrected chi connectivity index (χ3v) is 13.2. The molecule has 0 aromatic heterocycles. The van der Waals surface area contributed by atoms with E-state index in [1.165, 1.54) is 12.1 Å². The topological polar surface area (TPSA) is 123 Å². The van der Waals surface area contributed by atoms with Gasteiger partial charge in [0, 0.05) is 9.29 Å². The van der Waals surface area contributed by atoms with Gasteiger partial charge in [-0.1, -0.05) is 91.8 Å². The normalized spacial score (nSPS) is 19.0. The van der Waals surface area contributed by atoms with Crippen molar-refractivity contribution in [2.24, 2.45) is 16.2 Å². The number of nitrogens with zero attached hydrogens (tertiary/aromatic N) is 1. The van der Waals surface area contributed by atoms with Crippen LogP contribution in [0.5, 0.6) is 0 Å². The van der Waals surface area contributed by atoms with Gasteiger partial charge in [0.1, 0.15) is 6.10 Å². The summed E-state index contributed by atoms with van der Waals surface area (Å²) in [7, 11) is -11.1. The zero-order valence-corrected chi connectivity index (χ0v) is 31.7. The van der Waals surface area contributed by atoms with Crippen LogP contribution < -0.4 is 0 Å².